The minimum Gasteiger partial charge on any atom is -0.338 e. The van der Waals surface area contributed by atoms with E-state index in [1.807, 2.05) is 29.8 Å². The van der Waals surface area contributed by atoms with Gasteiger partial charge < -0.3 is 9.88 Å². The van der Waals surface area contributed by atoms with E-state index in [1.54, 1.807) is 11.1 Å². The van der Waals surface area contributed by atoms with Crippen LogP contribution in [0.3, 0.4) is 0 Å². The fourth-order valence-corrected chi connectivity index (χ4v) is 5.57. The van der Waals surface area contributed by atoms with Gasteiger partial charge in [-0.2, -0.15) is 0 Å². The molecule has 188 valence electrons. The first-order chi connectivity index (χ1) is 18.0. The molecule has 3 heterocycles. The van der Waals surface area contributed by atoms with Crippen LogP contribution in [-0.4, -0.2) is 33.6 Å². The van der Waals surface area contributed by atoms with E-state index >= 15 is 0 Å². The molecule has 0 radical (unpaired) electrons. The van der Waals surface area contributed by atoms with E-state index in [0.717, 1.165) is 66.8 Å². The number of amides is 2. The Morgan fingerprint density at radius 1 is 0.973 bits per heavy atom. The highest BCUT2D eigenvalue weighted by molar-refractivity contribution is 6.31. The highest BCUT2D eigenvalue weighted by atomic mass is 35.5. The molecule has 1 aromatic heterocycles. The first-order valence-electron chi connectivity index (χ1n) is 12.8. The minimum atomic E-state index is -0.0534. The van der Waals surface area contributed by atoms with E-state index in [4.69, 9.17) is 11.6 Å². The molecule has 6 rings (SSSR count). The Bertz CT molecular complexity index is 1440. The minimum absolute atomic E-state index is 0.0534. The summed E-state index contributed by atoms with van der Waals surface area (Å²) in [6.45, 7) is 4.21. The molecule has 0 atom stereocenters. The summed E-state index contributed by atoms with van der Waals surface area (Å²) in [5, 5.41) is 3.74. The average molecular weight is 512 g/mol. The monoisotopic (exact) mass is 511 g/mol. The molecule has 1 saturated heterocycles. The summed E-state index contributed by atoms with van der Waals surface area (Å²) in [4.78, 5) is 21.2. The van der Waals surface area contributed by atoms with Crippen LogP contribution in [0.25, 0.3) is 11.4 Å². The van der Waals surface area contributed by atoms with Gasteiger partial charge in [0.1, 0.15) is 11.6 Å². The molecule has 0 unspecified atom stereocenters. The van der Waals surface area contributed by atoms with Crippen molar-refractivity contribution in [1.29, 1.82) is 0 Å². The third-order valence-corrected chi connectivity index (χ3v) is 7.72. The van der Waals surface area contributed by atoms with Gasteiger partial charge in [0, 0.05) is 50.4 Å². The molecule has 0 spiro atoms. The molecule has 2 aliphatic rings. The molecule has 1 N–H and O–H groups in total. The number of urea groups is 1. The van der Waals surface area contributed by atoms with Crippen molar-refractivity contribution < 1.29 is 4.79 Å². The Morgan fingerprint density at radius 3 is 2.57 bits per heavy atom. The molecule has 2 aliphatic heterocycles. The quantitative estimate of drug-likeness (QED) is 0.358. The number of carbonyl (C=O) groups excluding carboxylic acids is 1. The second-order valence-corrected chi connectivity index (χ2v) is 10.4. The summed E-state index contributed by atoms with van der Waals surface area (Å²) >= 11 is 6.33. The lowest BCUT2D eigenvalue weighted by Gasteiger charge is -2.27. The number of benzene rings is 3. The van der Waals surface area contributed by atoms with E-state index in [2.05, 4.69) is 63.7 Å². The Kier molecular flexibility index (Phi) is 6.45. The van der Waals surface area contributed by atoms with Crippen LogP contribution in [0.1, 0.15) is 34.2 Å². The molecule has 1 fully saturated rings. The Balaban J connectivity index is 1.13. The van der Waals surface area contributed by atoms with Crippen molar-refractivity contribution in [3.8, 4) is 11.4 Å². The van der Waals surface area contributed by atoms with Crippen LogP contribution in [-0.2, 0) is 33.1 Å². The number of nitrogens with zero attached hydrogens (tertiary/aromatic N) is 4. The molecule has 4 aromatic rings. The fourth-order valence-electron chi connectivity index (χ4n) is 5.37. The molecular weight excluding hydrogens is 482 g/mol. The lowest BCUT2D eigenvalue weighted by Crippen LogP contribution is -2.47. The average Bonchev–Trinajstić information content (AvgIpc) is 3.49. The SMILES string of the molecule is Cn1c(N2CCCNC2=O)cnc1-c1ccc2c(c1)CN(Cc1ccc(Cc3ccccc3Cl)cc1)C2. The van der Waals surface area contributed by atoms with E-state index < -0.39 is 0 Å². The summed E-state index contributed by atoms with van der Waals surface area (Å²) in [6, 6.07) is 23.5. The third kappa shape index (κ3) is 4.87. The molecular formula is C30H30ClN5O. The predicted octanol–water partition coefficient (Wildman–Crippen LogP) is 5.77. The van der Waals surface area contributed by atoms with Gasteiger partial charge in [0.25, 0.3) is 0 Å². The topological polar surface area (TPSA) is 53.4 Å². The predicted molar refractivity (Wildman–Crippen MR) is 148 cm³/mol. The summed E-state index contributed by atoms with van der Waals surface area (Å²) in [6.07, 6.45) is 3.58. The molecule has 0 aliphatic carbocycles. The molecule has 3 aromatic carbocycles. The number of fused-ring (bicyclic) bond motifs is 1. The molecule has 6 nitrogen and oxygen atoms in total. The number of nitrogens with one attached hydrogen (secondary N) is 1. The van der Waals surface area contributed by atoms with Crippen LogP contribution < -0.4 is 10.2 Å². The summed E-state index contributed by atoms with van der Waals surface area (Å²) in [5.74, 6) is 1.70. The van der Waals surface area contributed by atoms with Crippen molar-refractivity contribution in [2.45, 2.75) is 32.5 Å². The first-order valence-corrected chi connectivity index (χ1v) is 13.2. The van der Waals surface area contributed by atoms with Crippen molar-refractivity contribution in [2.75, 3.05) is 18.0 Å². The lowest BCUT2D eigenvalue weighted by atomic mass is 10.0. The normalized spacial score (nSPS) is 15.6. The van der Waals surface area contributed by atoms with Gasteiger partial charge in [0.2, 0.25) is 0 Å². The summed E-state index contributed by atoms with van der Waals surface area (Å²) < 4.78 is 2.02. The van der Waals surface area contributed by atoms with Crippen molar-refractivity contribution in [2.24, 2.45) is 7.05 Å². The van der Waals surface area contributed by atoms with E-state index in [-0.39, 0.29) is 6.03 Å². The van der Waals surface area contributed by atoms with Crippen LogP contribution in [0, 0.1) is 0 Å². The van der Waals surface area contributed by atoms with E-state index in [1.165, 1.54) is 22.3 Å². The Hall–Kier alpha value is -3.61. The van der Waals surface area contributed by atoms with Gasteiger partial charge in [0.15, 0.2) is 0 Å². The van der Waals surface area contributed by atoms with E-state index in [9.17, 15) is 4.79 Å². The van der Waals surface area contributed by atoms with Crippen molar-refractivity contribution in [3.63, 3.8) is 0 Å². The van der Waals surface area contributed by atoms with Crippen molar-refractivity contribution >= 4 is 23.4 Å². The second kappa shape index (κ2) is 10.0. The van der Waals surface area contributed by atoms with Crippen LogP contribution in [0.4, 0.5) is 10.6 Å². The number of aromatic nitrogens is 2. The van der Waals surface area contributed by atoms with Gasteiger partial charge >= 0.3 is 6.03 Å². The summed E-state index contributed by atoms with van der Waals surface area (Å²) in [5.41, 5.74) is 7.52. The van der Waals surface area contributed by atoms with Gasteiger partial charge in [0.05, 0.1) is 6.20 Å². The highest BCUT2D eigenvalue weighted by Gasteiger charge is 2.24. The number of hydrogen-bond donors (Lipinski definition) is 1. The molecule has 2 amide bonds. The molecule has 0 saturated carbocycles. The number of rotatable bonds is 6. The lowest BCUT2D eigenvalue weighted by molar-refractivity contribution is 0.242. The number of hydrogen-bond acceptors (Lipinski definition) is 3. The van der Waals surface area contributed by atoms with Gasteiger partial charge in [-0.25, -0.2) is 9.78 Å². The number of anilines is 1. The summed E-state index contributed by atoms with van der Waals surface area (Å²) in [7, 11) is 1.98. The smallest absolute Gasteiger partial charge is 0.323 e. The van der Waals surface area contributed by atoms with Gasteiger partial charge in [-0.05, 0) is 52.8 Å². The van der Waals surface area contributed by atoms with Crippen molar-refractivity contribution in [3.05, 3.63) is 106 Å². The molecule has 37 heavy (non-hydrogen) atoms. The van der Waals surface area contributed by atoms with Crippen LogP contribution in [0.15, 0.2) is 72.9 Å². The van der Waals surface area contributed by atoms with Gasteiger partial charge in [-0.15, -0.1) is 0 Å². The highest BCUT2D eigenvalue weighted by Crippen LogP contribution is 2.31. The fraction of sp³-hybridized carbons (Fsp3) is 0.267. The largest absolute Gasteiger partial charge is 0.338 e. The van der Waals surface area contributed by atoms with Gasteiger partial charge in [-0.3, -0.25) is 9.80 Å². The number of halogens is 1. The number of imidazole rings is 1. The van der Waals surface area contributed by atoms with Crippen LogP contribution >= 0.6 is 11.6 Å². The van der Waals surface area contributed by atoms with Gasteiger partial charge in [-0.1, -0.05) is 66.2 Å². The van der Waals surface area contributed by atoms with Crippen molar-refractivity contribution in [1.82, 2.24) is 19.8 Å². The maximum Gasteiger partial charge on any atom is 0.323 e. The van der Waals surface area contributed by atoms with Crippen LogP contribution in [0.5, 0.6) is 0 Å². The first kappa shape index (κ1) is 23.8. The number of carbonyl (C=O) groups is 1. The maximum absolute atomic E-state index is 12.3. The zero-order chi connectivity index (χ0) is 25.4. The Morgan fingerprint density at radius 2 is 1.76 bits per heavy atom. The van der Waals surface area contributed by atoms with E-state index in [0.29, 0.717) is 6.54 Å². The maximum atomic E-state index is 12.3. The third-order valence-electron chi connectivity index (χ3n) is 7.35. The second-order valence-electron chi connectivity index (χ2n) is 9.95. The molecule has 0 bridgehead atoms. The van der Waals surface area contributed by atoms with Crippen LogP contribution in [0.2, 0.25) is 5.02 Å². The zero-order valence-corrected chi connectivity index (χ0v) is 21.7. The molecule has 7 heteroatoms. The zero-order valence-electron chi connectivity index (χ0n) is 21.0. The Labute approximate surface area is 222 Å². The standard InChI is InChI=1S/C30H30ClN5O/c1-34-28(36-14-4-13-32-30(36)37)17-33-29(34)24-11-12-25-19-35(20-26(25)16-24)18-22-9-7-21(8-10-22)15-23-5-2-3-6-27(23)31/h2-3,5-12,16-17H,4,13-15,18-20H2,1H3,(H,32,37).